The van der Waals surface area contributed by atoms with E-state index in [-0.39, 0.29) is 12.2 Å². The fourth-order valence-corrected chi connectivity index (χ4v) is 3.34. The molecule has 1 amide bonds. The van der Waals surface area contributed by atoms with Gasteiger partial charge in [0.15, 0.2) is 0 Å². The molecule has 0 aliphatic carbocycles. The highest BCUT2D eigenvalue weighted by atomic mass is 35.5. The third-order valence-electron chi connectivity index (χ3n) is 3.74. The van der Waals surface area contributed by atoms with E-state index < -0.39 is 5.91 Å². The summed E-state index contributed by atoms with van der Waals surface area (Å²) < 4.78 is 5.71. The molecule has 1 aromatic heterocycles. The van der Waals surface area contributed by atoms with Crippen molar-refractivity contribution in [1.29, 1.82) is 0 Å². The van der Waals surface area contributed by atoms with E-state index in [1.807, 2.05) is 5.38 Å². The predicted octanol–water partition coefficient (Wildman–Crippen LogP) is 4.70. The van der Waals surface area contributed by atoms with Crippen molar-refractivity contribution >= 4 is 28.8 Å². The Bertz CT molecular complexity index is 891. The van der Waals surface area contributed by atoms with Crippen molar-refractivity contribution in [1.82, 2.24) is 4.98 Å². The first-order chi connectivity index (χ1) is 12.1. The van der Waals surface area contributed by atoms with Crippen molar-refractivity contribution < 1.29 is 9.53 Å². The van der Waals surface area contributed by atoms with E-state index in [1.165, 1.54) is 11.6 Å². The number of rotatable bonds is 6. The number of benzene rings is 2. The second kappa shape index (κ2) is 7.68. The summed E-state index contributed by atoms with van der Waals surface area (Å²) in [5.41, 5.74) is 8.80. The SMILES string of the molecule is CCc1ccc(-c2nc(COc3ccc(Cl)cc3C(N)=O)cs2)cc1. The van der Waals surface area contributed by atoms with Crippen LogP contribution in [0.25, 0.3) is 10.6 Å². The average molecular weight is 373 g/mol. The minimum atomic E-state index is -0.576. The molecule has 0 atom stereocenters. The van der Waals surface area contributed by atoms with Crippen LogP contribution >= 0.6 is 22.9 Å². The summed E-state index contributed by atoms with van der Waals surface area (Å²) in [6, 6.07) is 13.2. The van der Waals surface area contributed by atoms with Gasteiger partial charge in [-0.15, -0.1) is 11.3 Å². The van der Waals surface area contributed by atoms with E-state index in [2.05, 4.69) is 36.2 Å². The molecule has 1 heterocycles. The van der Waals surface area contributed by atoms with Gasteiger partial charge < -0.3 is 10.5 Å². The van der Waals surface area contributed by atoms with Gasteiger partial charge in [0.2, 0.25) is 0 Å². The molecule has 2 aromatic carbocycles. The maximum Gasteiger partial charge on any atom is 0.252 e. The number of hydrogen-bond acceptors (Lipinski definition) is 4. The Kier molecular flexibility index (Phi) is 5.36. The Morgan fingerprint density at radius 3 is 2.68 bits per heavy atom. The van der Waals surface area contributed by atoms with Crippen LogP contribution in [-0.4, -0.2) is 10.9 Å². The number of thiazole rings is 1. The van der Waals surface area contributed by atoms with Gasteiger partial charge in [0.1, 0.15) is 17.4 Å². The van der Waals surface area contributed by atoms with Crippen LogP contribution in [0, 0.1) is 0 Å². The number of nitrogens with zero attached hydrogens (tertiary/aromatic N) is 1. The van der Waals surface area contributed by atoms with Gasteiger partial charge in [-0.3, -0.25) is 4.79 Å². The van der Waals surface area contributed by atoms with Crippen LogP contribution < -0.4 is 10.5 Å². The van der Waals surface area contributed by atoms with Crippen LogP contribution in [0.3, 0.4) is 0 Å². The zero-order chi connectivity index (χ0) is 17.8. The third-order valence-corrected chi connectivity index (χ3v) is 4.92. The highest BCUT2D eigenvalue weighted by molar-refractivity contribution is 7.13. The lowest BCUT2D eigenvalue weighted by atomic mass is 10.1. The zero-order valence-corrected chi connectivity index (χ0v) is 15.2. The molecule has 0 fully saturated rings. The Morgan fingerprint density at radius 2 is 2.00 bits per heavy atom. The van der Waals surface area contributed by atoms with E-state index in [0.717, 1.165) is 22.7 Å². The molecule has 128 valence electrons. The van der Waals surface area contributed by atoms with E-state index in [4.69, 9.17) is 22.1 Å². The molecule has 0 aliphatic rings. The van der Waals surface area contributed by atoms with Gasteiger partial charge in [-0.05, 0) is 30.2 Å². The molecule has 0 unspecified atom stereocenters. The monoisotopic (exact) mass is 372 g/mol. The summed E-state index contributed by atoms with van der Waals surface area (Å²) in [6.45, 7) is 2.39. The van der Waals surface area contributed by atoms with Gasteiger partial charge in [0.05, 0.1) is 11.3 Å². The van der Waals surface area contributed by atoms with E-state index in [9.17, 15) is 4.79 Å². The van der Waals surface area contributed by atoms with Crippen LogP contribution in [0.4, 0.5) is 0 Å². The number of hydrogen-bond donors (Lipinski definition) is 1. The van der Waals surface area contributed by atoms with Gasteiger partial charge >= 0.3 is 0 Å². The summed E-state index contributed by atoms with van der Waals surface area (Å²) in [4.78, 5) is 16.1. The van der Waals surface area contributed by atoms with Crippen LogP contribution in [0.5, 0.6) is 5.75 Å². The predicted molar refractivity (Wildman–Crippen MR) is 101 cm³/mol. The molecule has 25 heavy (non-hydrogen) atoms. The maximum atomic E-state index is 11.5. The van der Waals surface area contributed by atoms with Gasteiger partial charge in [-0.1, -0.05) is 42.8 Å². The number of amides is 1. The average Bonchev–Trinajstić information content (AvgIpc) is 3.09. The highest BCUT2D eigenvalue weighted by Crippen LogP contribution is 2.26. The summed E-state index contributed by atoms with van der Waals surface area (Å²) in [5, 5.41) is 3.32. The molecule has 0 bridgehead atoms. The lowest BCUT2D eigenvalue weighted by molar-refractivity contribution is 0.0996. The number of carbonyl (C=O) groups excluding carboxylic acids is 1. The third kappa shape index (κ3) is 4.18. The zero-order valence-electron chi connectivity index (χ0n) is 13.7. The van der Waals surface area contributed by atoms with Gasteiger partial charge in [0, 0.05) is 16.0 Å². The van der Waals surface area contributed by atoms with Crippen molar-refractivity contribution in [2.24, 2.45) is 5.73 Å². The second-order valence-corrected chi connectivity index (χ2v) is 6.78. The normalized spacial score (nSPS) is 10.6. The first kappa shape index (κ1) is 17.5. The molecule has 0 aliphatic heterocycles. The Hall–Kier alpha value is -2.37. The second-order valence-electron chi connectivity index (χ2n) is 5.49. The fraction of sp³-hybridized carbons (Fsp3) is 0.158. The van der Waals surface area contributed by atoms with E-state index >= 15 is 0 Å². The molecule has 3 aromatic rings. The summed E-state index contributed by atoms with van der Waals surface area (Å²) >= 11 is 7.46. The standard InChI is InChI=1S/C19H17ClN2O2S/c1-2-12-3-5-13(6-4-12)19-22-15(11-25-19)10-24-17-8-7-14(20)9-16(17)18(21)23/h3-9,11H,2,10H2,1H3,(H2,21,23). The van der Waals surface area contributed by atoms with Gasteiger partial charge in [-0.25, -0.2) is 4.98 Å². The summed E-state index contributed by atoms with van der Waals surface area (Å²) in [6.07, 6.45) is 1.01. The number of carbonyl (C=O) groups is 1. The van der Waals surface area contributed by atoms with Crippen LogP contribution in [0.15, 0.2) is 47.8 Å². The molecular weight excluding hydrogens is 356 g/mol. The molecule has 2 N–H and O–H groups in total. The lowest BCUT2D eigenvalue weighted by Gasteiger charge is -2.08. The van der Waals surface area contributed by atoms with E-state index in [1.54, 1.807) is 23.5 Å². The fourth-order valence-electron chi connectivity index (χ4n) is 2.36. The number of primary amides is 1. The van der Waals surface area contributed by atoms with Crippen molar-refractivity contribution in [3.05, 3.63) is 69.7 Å². The molecule has 6 heteroatoms. The van der Waals surface area contributed by atoms with Crippen molar-refractivity contribution in [2.75, 3.05) is 0 Å². The Morgan fingerprint density at radius 1 is 1.24 bits per heavy atom. The Balaban J connectivity index is 1.73. The van der Waals surface area contributed by atoms with E-state index in [0.29, 0.717) is 10.8 Å². The minimum Gasteiger partial charge on any atom is -0.486 e. The molecule has 0 saturated carbocycles. The number of nitrogens with two attached hydrogens (primary N) is 1. The number of aryl methyl sites for hydroxylation is 1. The lowest BCUT2D eigenvalue weighted by Crippen LogP contribution is -2.13. The molecule has 0 spiro atoms. The van der Waals surface area contributed by atoms with Crippen LogP contribution in [-0.2, 0) is 13.0 Å². The van der Waals surface area contributed by atoms with Crippen LogP contribution in [0.2, 0.25) is 5.02 Å². The minimum absolute atomic E-state index is 0.255. The van der Waals surface area contributed by atoms with Crippen molar-refractivity contribution in [3.8, 4) is 16.3 Å². The van der Waals surface area contributed by atoms with Gasteiger partial charge in [-0.2, -0.15) is 0 Å². The van der Waals surface area contributed by atoms with Gasteiger partial charge in [0.25, 0.3) is 5.91 Å². The Labute approximate surface area is 155 Å². The first-order valence-corrected chi connectivity index (χ1v) is 9.08. The number of halogens is 1. The maximum absolute atomic E-state index is 11.5. The number of aromatic nitrogens is 1. The quantitative estimate of drug-likeness (QED) is 0.681. The molecule has 4 nitrogen and oxygen atoms in total. The highest BCUT2D eigenvalue weighted by Gasteiger charge is 2.12. The van der Waals surface area contributed by atoms with Crippen molar-refractivity contribution in [2.45, 2.75) is 20.0 Å². The first-order valence-electron chi connectivity index (χ1n) is 7.82. The smallest absolute Gasteiger partial charge is 0.252 e. The molecular formula is C19H17ClN2O2S. The largest absolute Gasteiger partial charge is 0.486 e. The summed E-state index contributed by atoms with van der Waals surface area (Å²) in [5.74, 6) is -0.175. The van der Waals surface area contributed by atoms with Crippen molar-refractivity contribution in [3.63, 3.8) is 0 Å². The molecule has 0 radical (unpaired) electrons. The van der Waals surface area contributed by atoms with Crippen LogP contribution in [0.1, 0.15) is 28.5 Å². The molecule has 3 rings (SSSR count). The molecule has 0 saturated heterocycles. The topological polar surface area (TPSA) is 65.2 Å². The number of ether oxygens (including phenoxy) is 1. The summed E-state index contributed by atoms with van der Waals surface area (Å²) in [7, 11) is 0.